The molecule has 0 amide bonds. The van der Waals surface area contributed by atoms with Crippen molar-refractivity contribution in [1.29, 1.82) is 0 Å². The van der Waals surface area contributed by atoms with Gasteiger partial charge in [0.15, 0.2) is 0 Å². The Morgan fingerprint density at radius 1 is 1.17 bits per heavy atom. The maximum absolute atomic E-state index is 9.99. The van der Waals surface area contributed by atoms with Crippen molar-refractivity contribution in [1.82, 2.24) is 4.98 Å². The molecule has 2 aromatic rings. The topological polar surface area (TPSA) is 71.2 Å². The first kappa shape index (κ1) is 15.3. The fraction of sp³-hybridized carbons (Fsp3) is 0.211. The molecule has 1 aromatic heterocycles. The SMILES string of the molecule is Nc1ncccc1NCC1(CO)C=CC=C(c2ccccc2)C1. The van der Waals surface area contributed by atoms with Crippen LogP contribution in [0, 0.1) is 5.41 Å². The predicted octanol–water partition coefficient (Wildman–Crippen LogP) is 3.10. The largest absolute Gasteiger partial charge is 0.395 e. The van der Waals surface area contributed by atoms with Gasteiger partial charge in [-0.05, 0) is 29.7 Å². The molecule has 1 aliphatic carbocycles. The highest BCUT2D eigenvalue weighted by Gasteiger charge is 2.30. The number of hydrogen-bond acceptors (Lipinski definition) is 4. The summed E-state index contributed by atoms with van der Waals surface area (Å²) in [5.74, 6) is 0.471. The molecule has 118 valence electrons. The third-order valence-electron chi connectivity index (χ3n) is 4.22. The molecule has 1 unspecified atom stereocenters. The van der Waals surface area contributed by atoms with Crippen LogP contribution >= 0.6 is 0 Å². The number of nitrogens with zero attached hydrogens (tertiary/aromatic N) is 1. The van der Waals surface area contributed by atoms with E-state index in [1.165, 1.54) is 11.1 Å². The molecule has 0 saturated carbocycles. The second-order valence-corrected chi connectivity index (χ2v) is 5.90. The summed E-state index contributed by atoms with van der Waals surface area (Å²) in [6, 6.07) is 14.0. The Hall–Kier alpha value is -2.59. The Morgan fingerprint density at radius 2 is 2.00 bits per heavy atom. The number of benzene rings is 1. The average molecular weight is 307 g/mol. The molecule has 0 spiro atoms. The molecule has 1 aromatic carbocycles. The Balaban J connectivity index is 1.76. The Labute approximate surface area is 136 Å². The Bertz CT molecular complexity index is 724. The first-order chi connectivity index (χ1) is 11.2. The van der Waals surface area contributed by atoms with Crippen LogP contribution in [0.15, 0.2) is 66.9 Å². The fourth-order valence-electron chi connectivity index (χ4n) is 2.84. The van der Waals surface area contributed by atoms with E-state index in [4.69, 9.17) is 5.73 Å². The van der Waals surface area contributed by atoms with Crippen molar-refractivity contribution >= 4 is 17.1 Å². The maximum Gasteiger partial charge on any atom is 0.146 e. The smallest absolute Gasteiger partial charge is 0.146 e. The van der Waals surface area contributed by atoms with Crippen LogP contribution in [0.4, 0.5) is 11.5 Å². The molecule has 1 aliphatic rings. The van der Waals surface area contributed by atoms with E-state index >= 15 is 0 Å². The van der Waals surface area contributed by atoms with E-state index in [9.17, 15) is 5.11 Å². The number of anilines is 2. The summed E-state index contributed by atoms with van der Waals surface area (Å²) in [7, 11) is 0. The van der Waals surface area contributed by atoms with Crippen LogP contribution in [0.2, 0.25) is 0 Å². The highest BCUT2D eigenvalue weighted by Crippen LogP contribution is 2.36. The summed E-state index contributed by atoms with van der Waals surface area (Å²) in [5, 5.41) is 13.3. The first-order valence-electron chi connectivity index (χ1n) is 7.71. The minimum Gasteiger partial charge on any atom is -0.395 e. The molecule has 1 heterocycles. The van der Waals surface area contributed by atoms with E-state index in [1.54, 1.807) is 6.20 Å². The zero-order valence-electron chi connectivity index (χ0n) is 12.9. The summed E-state index contributed by atoms with van der Waals surface area (Å²) >= 11 is 0. The molecule has 4 nitrogen and oxygen atoms in total. The van der Waals surface area contributed by atoms with Gasteiger partial charge >= 0.3 is 0 Å². The number of aromatic nitrogens is 1. The van der Waals surface area contributed by atoms with Gasteiger partial charge in [0.05, 0.1) is 12.3 Å². The van der Waals surface area contributed by atoms with Crippen LogP contribution in [-0.2, 0) is 0 Å². The third kappa shape index (κ3) is 3.43. The van der Waals surface area contributed by atoms with E-state index in [2.05, 4.69) is 34.6 Å². The van der Waals surface area contributed by atoms with Crippen LogP contribution in [0.25, 0.3) is 5.57 Å². The second kappa shape index (κ2) is 6.67. The number of allylic oxidation sites excluding steroid dienone is 3. The molecule has 1 atom stereocenters. The summed E-state index contributed by atoms with van der Waals surface area (Å²) in [6.07, 6.45) is 8.65. The lowest BCUT2D eigenvalue weighted by Gasteiger charge is -2.32. The molecular weight excluding hydrogens is 286 g/mol. The highest BCUT2D eigenvalue weighted by atomic mass is 16.3. The number of aliphatic hydroxyl groups is 1. The van der Waals surface area contributed by atoms with Gasteiger partial charge in [-0.2, -0.15) is 0 Å². The zero-order chi connectivity index (χ0) is 16.1. The van der Waals surface area contributed by atoms with Crippen LogP contribution in [0.5, 0.6) is 0 Å². The van der Waals surface area contributed by atoms with Crippen molar-refractivity contribution in [2.75, 3.05) is 24.2 Å². The molecule has 0 saturated heterocycles. The van der Waals surface area contributed by atoms with Crippen LogP contribution < -0.4 is 11.1 Å². The number of rotatable bonds is 5. The van der Waals surface area contributed by atoms with Crippen molar-refractivity contribution < 1.29 is 5.11 Å². The fourth-order valence-corrected chi connectivity index (χ4v) is 2.84. The van der Waals surface area contributed by atoms with Gasteiger partial charge in [-0.25, -0.2) is 4.98 Å². The van der Waals surface area contributed by atoms with Crippen LogP contribution in [0.3, 0.4) is 0 Å². The van der Waals surface area contributed by atoms with Gasteiger partial charge in [0.2, 0.25) is 0 Å². The van der Waals surface area contributed by atoms with E-state index in [1.807, 2.05) is 36.4 Å². The van der Waals surface area contributed by atoms with Crippen molar-refractivity contribution in [3.63, 3.8) is 0 Å². The lowest BCUT2D eigenvalue weighted by atomic mass is 9.77. The number of nitrogen functional groups attached to an aromatic ring is 1. The minimum atomic E-state index is -0.345. The quantitative estimate of drug-likeness (QED) is 0.794. The lowest BCUT2D eigenvalue weighted by Crippen LogP contribution is -2.33. The van der Waals surface area contributed by atoms with Gasteiger partial charge in [-0.3, -0.25) is 0 Å². The van der Waals surface area contributed by atoms with Gasteiger partial charge in [-0.1, -0.05) is 48.6 Å². The van der Waals surface area contributed by atoms with E-state index < -0.39 is 0 Å². The normalized spacial score (nSPS) is 20.1. The highest BCUT2D eigenvalue weighted by molar-refractivity contribution is 5.69. The summed E-state index contributed by atoms with van der Waals surface area (Å²) in [6.45, 7) is 0.668. The molecule has 0 fully saturated rings. The standard InChI is InChI=1S/C19H21N3O/c20-18-17(9-5-11-21-18)22-13-19(14-23)10-4-8-16(12-19)15-6-2-1-3-7-15/h1-11,22-23H,12-14H2,(H2,20,21). The molecule has 0 bridgehead atoms. The number of nitrogens with two attached hydrogens (primary N) is 1. The van der Waals surface area contributed by atoms with E-state index in [-0.39, 0.29) is 12.0 Å². The molecule has 4 N–H and O–H groups in total. The van der Waals surface area contributed by atoms with Gasteiger partial charge < -0.3 is 16.2 Å². The molecule has 0 aliphatic heterocycles. The Morgan fingerprint density at radius 3 is 2.74 bits per heavy atom. The van der Waals surface area contributed by atoms with Crippen molar-refractivity contribution in [3.05, 3.63) is 72.5 Å². The monoisotopic (exact) mass is 307 g/mol. The van der Waals surface area contributed by atoms with Gasteiger partial charge in [0, 0.05) is 18.2 Å². The zero-order valence-corrected chi connectivity index (χ0v) is 12.9. The number of aliphatic hydroxyl groups excluding tert-OH is 1. The van der Waals surface area contributed by atoms with Crippen molar-refractivity contribution in [2.24, 2.45) is 5.41 Å². The molecule has 0 radical (unpaired) electrons. The summed E-state index contributed by atoms with van der Waals surface area (Å²) in [5.41, 5.74) is 8.74. The number of nitrogens with one attached hydrogen (secondary N) is 1. The molecule has 23 heavy (non-hydrogen) atoms. The van der Waals surface area contributed by atoms with Gasteiger partial charge in [-0.15, -0.1) is 0 Å². The number of hydrogen-bond donors (Lipinski definition) is 3. The van der Waals surface area contributed by atoms with E-state index in [0.717, 1.165) is 12.1 Å². The molecular formula is C19H21N3O. The van der Waals surface area contributed by atoms with Crippen molar-refractivity contribution in [3.8, 4) is 0 Å². The molecule has 3 rings (SSSR count). The predicted molar refractivity (Wildman–Crippen MR) is 94.8 cm³/mol. The molecule has 4 heteroatoms. The lowest BCUT2D eigenvalue weighted by molar-refractivity contribution is 0.182. The average Bonchev–Trinajstić information content (AvgIpc) is 2.62. The maximum atomic E-state index is 9.99. The van der Waals surface area contributed by atoms with Crippen molar-refractivity contribution in [2.45, 2.75) is 6.42 Å². The van der Waals surface area contributed by atoms with Crippen LogP contribution in [-0.4, -0.2) is 23.2 Å². The second-order valence-electron chi connectivity index (χ2n) is 5.90. The number of pyridine rings is 1. The minimum absolute atomic E-state index is 0.0703. The van der Waals surface area contributed by atoms with Gasteiger partial charge in [0.25, 0.3) is 0 Å². The summed E-state index contributed by atoms with van der Waals surface area (Å²) < 4.78 is 0. The Kier molecular flexibility index (Phi) is 4.44. The van der Waals surface area contributed by atoms with E-state index in [0.29, 0.717) is 12.4 Å². The van der Waals surface area contributed by atoms with Gasteiger partial charge in [0.1, 0.15) is 5.82 Å². The third-order valence-corrected chi connectivity index (χ3v) is 4.22. The summed E-state index contributed by atoms with van der Waals surface area (Å²) in [4.78, 5) is 4.08. The first-order valence-corrected chi connectivity index (χ1v) is 7.71. The van der Waals surface area contributed by atoms with Crippen LogP contribution in [0.1, 0.15) is 12.0 Å².